The Hall–Kier alpha value is -2.76. The summed E-state index contributed by atoms with van der Waals surface area (Å²) < 4.78 is 39.9. The molecule has 1 fully saturated rings. The van der Waals surface area contributed by atoms with E-state index in [2.05, 4.69) is 0 Å². The molecule has 1 saturated heterocycles. The molecule has 29 heavy (non-hydrogen) atoms. The maximum atomic E-state index is 13.3. The zero-order valence-corrected chi connectivity index (χ0v) is 17.0. The smallest absolute Gasteiger partial charge is 0.367 e. The molecule has 0 saturated carbocycles. The quantitative estimate of drug-likeness (QED) is 0.766. The summed E-state index contributed by atoms with van der Waals surface area (Å²) in [5.74, 6) is -0.296. The first kappa shape index (κ1) is 22.5. The average Bonchev–Trinajstić information content (AvgIpc) is 2.65. The summed E-state index contributed by atoms with van der Waals surface area (Å²) in [6, 6.07) is 4.29. The minimum absolute atomic E-state index is 0.0873. The Kier molecular flexibility index (Phi) is 6.77. The van der Waals surface area contributed by atoms with Gasteiger partial charge >= 0.3 is 6.18 Å². The van der Waals surface area contributed by atoms with Crippen LogP contribution in [0.25, 0.3) is 0 Å². The Morgan fingerprint density at radius 2 is 1.93 bits per heavy atom. The lowest BCUT2D eigenvalue weighted by Gasteiger charge is -2.42. The van der Waals surface area contributed by atoms with Crippen molar-refractivity contribution in [2.75, 3.05) is 38.6 Å². The molecule has 2 rings (SSSR count). The van der Waals surface area contributed by atoms with E-state index in [0.29, 0.717) is 13.0 Å². The summed E-state index contributed by atoms with van der Waals surface area (Å²) >= 11 is 0. The number of nitrogens with zero attached hydrogens (tertiary/aromatic N) is 4. The maximum absolute atomic E-state index is 13.3. The number of carbonyl (C=O) groups excluding carboxylic acids is 2. The van der Waals surface area contributed by atoms with Gasteiger partial charge in [-0.1, -0.05) is 13.8 Å². The molecule has 1 aromatic carbocycles. The highest BCUT2D eigenvalue weighted by molar-refractivity contribution is 5.88. The third-order valence-corrected chi connectivity index (χ3v) is 4.80. The topological polar surface area (TPSA) is 67.6 Å². The van der Waals surface area contributed by atoms with Crippen molar-refractivity contribution in [3.05, 3.63) is 29.3 Å². The third kappa shape index (κ3) is 5.19. The van der Waals surface area contributed by atoms with Crippen molar-refractivity contribution in [1.82, 2.24) is 9.80 Å². The highest BCUT2D eigenvalue weighted by atomic mass is 19.4. The van der Waals surface area contributed by atoms with Gasteiger partial charge in [0.15, 0.2) is 0 Å². The number of benzene rings is 1. The summed E-state index contributed by atoms with van der Waals surface area (Å²) in [6.07, 6.45) is -4.36. The van der Waals surface area contributed by atoms with Gasteiger partial charge in [0.1, 0.15) is 6.04 Å². The zero-order valence-electron chi connectivity index (χ0n) is 17.0. The molecule has 6 nitrogen and oxygen atoms in total. The van der Waals surface area contributed by atoms with Gasteiger partial charge in [-0.2, -0.15) is 18.4 Å². The van der Waals surface area contributed by atoms with Gasteiger partial charge in [-0.05, 0) is 24.1 Å². The van der Waals surface area contributed by atoms with E-state index in [1.807, 2.05) is 13.8 Å². The van der Waals surface area contributed by atoms with E-state index in [0.717, 1.165) is 12.1 Å². The van der Waals surface area contributed by atoms with Crippen LogP contribution in [-0.2, 0) is 15.8 Å². The SMILES string of the molecule is CC(C)CC(=O)N1CCN(c2ccc(C#N)c(C(F)(F)F)c2)CC1C(=O)N(C)C. The summed E-state index contributed by atoms with van der Waals surface area (Å²) in [4.78, 5) is 29.8. The van der Waals surface area contributed by atoms with Crippen molar-refractivity contribution in [3.63, 3.8) is 0 Å². The van der Waals surface area contributed by atoms with Crippen molar-refractivity contribution in [3.8, 4) is 6.07 Å². The Morgan fingerprint density at radius 1 is 1.28 bits per heavy atom. The van der Waals surface area contributed by atoms with Gasteiger partial charge in [0.2, 0.25) is 11.8 Å². The van der Waals surface area contributed by atoms with E-state index in [4.69, 9.17) is 5.26 Å². The minimum atomic E-state index is -4.66. The Morgan fingerprint density at radius 3 is 2.45 bits per heavy atom. The van der Waals surface area contributed by atoms with Crippen molar-refractivity contribution in [2.45, 2.75) is 32.5 Å². The molecule has 2 amide bonds. The van der Waals surface area contributed by atoms with Crippen LogP contribution in [0.4, 0.5) is 18.9 Å². The van der Waals surface area contributed by atoms with Crippen molar-refractivity contribution in [2.24, 2.45) is 5.92 Å². The van der Waals surface area contributed by atoms with Crippen LogP contribution < -0.4 is 4.90 Å². The van der Waals surface area contributed by atoms with E-state index in [1.165, 1.54) is 15.9 Å². The lowest BCUT2D eigenvalue weighted by atomic mass is 10.0. The van der Waals surface area contributed by atoms with Gasteiger partial charge in [-0.25, -0.2) is 0 Å². The largest absolute Gasteiger partial charge is 0.417 e. The molecule has 9 heteroatoms. The predicted molar refractivity (Wildman–Crippen MR) is 102 cm³/mol. The van der Waals surface area contributed by atoms with E-state index in [-0.39, 0.29) is 36.5 Å². The number of rotatable bonds is 4. The Balaban J connectivity index is 2.35. The summed E-state index contributed by atoms with van der Waals surface area (Å²) in [7, 11) is 3.16. The van der Waals surface area contributed by atoms with Crippen molar-refractivity contribution < 1.29 is 22.8 Å². The van der Waals surface area contributed by atoms with Gasteiger partial charge in [-0.3, -0.25) is 9.59 Å². The van der Waals surface area contributed by atoms with Gasteiger partial charge in [0.25, 0.3) is 0 Å². The second-order valence-corrected chi connectivity index (χ2v) is 7.72. The molecule has 1 atom stereocenters. The molecule has 1 aliphatic heterocycles. The third-order valence-electron chi connectivity index (χ3n) is 4.80. The van der Waals surface area contributed by atoms with Gasteiger partial charge in [-0.15, -0.1) is 0 Å². The molecule has 0 aliphatic carbocycles. The number of nitriles is 1. The van der Waals surface area contributed by atoms with Crippen LogP contribution in [0.1, 0.15) is 31.4 Å². The van der Waals surface area contributed by atoms with Gasteiger partial charge in [0.05, 0.1) is 17.2 Å². The van der Waals surface area contributed by atoms with Crippen LogP contribution in [0.3, 0.4) is 0 Å². The molecule has 1 unspecified atom stereocenters. The monoisotopic (exact) mass is 410 g/mol. The summed E-state index contributed by atoms with van der Waals surface area (Å²) in [5.41, 5.74) is -1.19. The molecule has 0 radical (unpaired) electrons. The maximum Gasteiger partial charge on any atom is 0.417 e. The number of hydrogen-bond donors (Lipinski definition) is 0. The van der Waals surface area contributed by atoms with Crippen LogP contribution in [0.2, 0.25) is 0 Å². The number of alkyl halides is 3. The molecule has 158 valence electrons. The number of likely N-dealkylation sites (N-methyl/N-ethyl adjacent to an activating group) is 1. The molecule has 0 bridgehead atoms. The lowest BCUT2D eigenvalue weighted by Crippen LogP contribution is -2.60. The first-order chi connectivity index (χ1) is 13.5. The molecular weight excluding hydrogens is 385 g/mol. The first-order valence-electron chi connectivity index (χ1n) is 9.32. The summed E-state index contributed by atoms with van der Waals surface area (Å²) in [6.45, 7) is 4.43. The van der Waals surface area contributed by atoms with Crippen molar-refractivity contribution >= 4 is 17.5 Å². The predicted octanol–water partition coefficient (Wildman–Crippen LogP) is 2.73. The van der Waals surface area contributed by atoms with Gasteiger partial charge in [0, 0.05) is 45.8 Å². The minimum Gasteiger partial charge on any atom is -0.367 e. The highest BCUT2D eigenvalue weighted by Crippen LogP contribution is 2.35. The average molecular weight is 410 g/mol. The number of anilines is 1. The second kappa shape index (κ2) is 8.72. The number of amides is 2. The molecule has 0 aromatic heterocycles. The number of halogens is 3. The van der Waals surface area contributed by atoms with Crippen LogP contribution >= 0.6 is 0 Å². The van der Waals surface area contributed by atoms with E-state index >= 15 is 0 Å². The first-order valence-corrected chi connectivity index (χ1v) is 9.32. The fraction of sp³-hybridized carbons (Fsp3) is 0.550. The standard InChI is InChI=1S/C20H25F3N4O2/c1-13(2)9-18(28)27-8-7-26(12-17(27)19(29)25(3)4)15-6-5-14(11-24)16(10-15)20(21,22)23/h5-6,10,13,17H,7-9,12H2,1-4H3. The number of piperazine rings is 1. The Bertz CT molecular complexity index is 815. The van der Waals surface area contributed by atoms with E-state index in [1.54, 1.807) is 25.1 Å². The highest BCUT2D eigenvalue weighted by Gasteiger charge is 2.38. The molecule has 0 N–H and O–H groups in total. The van der Waals surface area contributed by atoms with Gasteiger partial charge < -0.3 is 14.7 Å². The van der Waals surface area contributed by atoms with Crippen molar-refractivity contribution in [1.29, 1.82) is 5.26 Å². The van der Waals surface area contributed by atoms with Crippen LogP contribution in [0.15, 0.2) is 18.2 Å². The van der Waals surface area contributed by atoms with E-state index in [9.17, 15) is 22.8 Å². The number of carbonyl (C=O) groups is 2. The van der Waals surface area contributed by atoms with Crippen LogP contribution in [-0.4, -0.2) is 61.4 Å². The molecule has 0 spiro atoms. The fourth-order valence-electron chi connectivity index (χ4n) is 3.35. The lowest BCUT2D eigenvalue weighted by molar-refractivity contribution is -0.145. The van der Waals surface area contributed by atoms with Crippen LogP contribution in [0, 0.1) is 17.2 Å². The van der Waals surface area contributed by atoms with E-state index < -0.39 is 23.3 Å². The Labute approximate surface area is 168 Å². The second-order valence-electron chi connectivity index (χ2n) is 7.72. The number of hydrogen-bond acceptors (Lipinski definition) is 4. The van der Waals surface area contributed by atoms with Crippen LogP contribution in [0.5, 0.6) is 0 Å². The fourth-order valence-corrected chi connectivity index (χ4v) is 3.35. The molecule has 1 heterocycles. The zero-order chi connectivity index (χ0) is 21.9. The normalized spacial score (nSPS) is 17.3. The molecular formula is C20H25F3N4O2. The summed E-state index contributed by atoms with van der Waals surface area (Å²) in [5, 5.41) is 8.97. The molecule has 1 aromatic rings. The molecule has 1 aliphatic rings.